The van der Waals surface area contributed by atoms with Crippen molar-refractivity contribution in [1.29, 1.82) is 0 Å². The van der Waals surface area contributed by atoms with Crippen LogP contribution in [0.2, 0.25) is 0 Å². The molecule has 4 heteroatoms. The van der Waals surface area contributed by atoms with Crippen LogP contribution in [0.25, 0.3) is 27.7 Å². The minimum absolute atomic E-state index is 0.852. The maximum absolute atomic E-state index is 5.36. The molecule has 0 atom stereocenters. The molecule has 2 aromatic heterocycles. The summed E-state index contributed by atoms with van der Waals surface area (Å²) in [6.07, 6.45) is 6.94. The van der Waals surface area contributed by atoms with Crippen LogP contribution in [0.5, 0.6) is 5.75 Å². The first-order valence-electron chi connectivity index (χ1n) is 8.98. The molecule has 0 N–H and O–H groups in total. The third-order valence-electron chi connectivity index (χ3n) is 5.20. The number of fused-ring (bicyclic) bond motifs is 2. The molecule has 4 nitrogen and oxygen atoms in total. The molecule has 27 heavy (non-hydrogen) atoms. The SMILES string of the molecule is COc1cccc(-c2cnc3c(c2)C(c2ccc4ncn(C)c4c2)=CC3)c1. The number of methoxy groups -OCH3 is 1. The summed E-state index contributed by atoms with van der Waals surface area (Å²) in [6.45, 7) is 0. The maximum Gasteiger partial charge on any atom is 0.119 e. The largest absolute Gasteiger partial charge is 0.497 e. The molecule has 2 aromatic carbocycles. The van der Waals surface area contributed by atoms with Gasteiger partial charge in [0.05, 0.1) is 30.2 Å². The molecule has 132 valence electrons. The van der Waals surface area contributed by atoms with Gasteiger partial charge in [0.15, 0.2) is 0 Å². The summed E-state index contributed by atoms with van der Waals surface area (Å²) in [5.74, 6) is 0.852. The van der Waals surface area contributed by atoms with Crippen LogP contribution in [0.1, 0.15) is 16.8 Å². The molecule has 4 aromatic rings. The van der Waals surface area contributed by atoms with Crippen molar-refractivity contribution in [2.24, 2.45) is 7.05 Å². The van der Waals surface area contributed by atoms with Crippen molar-refractivity contribution in [2.45, 2.75) is 6.42 Å². The van der Waals surface area contributed by atoms with E-state index in [1.54, 1.807) is 7.11 Å². The van der Waals surface area contributed by atoms with Crippen LogP contribution in [-0.2, 0) is 13.5 Å². The van der Waals surface area contributed by atoms with Gasteiger partial charge in [-0.1, -0.05) is 24.3 Å². The number of aryl methyl sites for hydroxylation is 1. The minimum atomic E-state index is 0.852. The highest BCUT2D eigenvalue weighted by molar-refractivity contribution is 5.89. The Morgan fingerprint density at radius 1 is 0.963 bits per heavy atom. The molecule has 0 bridgehead atoms. The number of benzene rings is 2. The van der Waals surface area contributed by atoms with Crippen molar-refractivity contribution < 1.29 is 4.74 Å². The maximum atomic E-state index is 5.36. The number of imidazole rings is 1. The van der Waals surface area contributed by atoms with Crippen molar-refractivity contribution >= 4 is 16.6 Å². The Bertz CT molecular complexity index is 1200. The molecule has 0 saturated heterocycles. The average Bonchev–Trinajstić information content (AvgIpc) is 3.31. The molecule has 0 spiro atoms. The summed E-state index contributed by atoms with van der Waals surface area (Å²) >= 11 is 0. The average molecular weight is 353 g/mol. The van der Waals surface area contributed by atoms with Crippen molar-refractivity contribution in [3.63, 3.8) is 0 Å². The highest BCUT2D eigenvalue weighted by atomic mass is 16.5. The van der Waals surface area contributed by atoms with Gasteiger partial charge < -0.3 is 9.30 Å². The molecule has 2 heterocycles. The van der Waals surface area contributed by atoms with Crippen LogP contribution in [0, 0.1) is 0 Å². The van der Waals surface area contributed by atoms with E-state index in [-0.39, 0.29) is 0 Å². The van der Waals surface area contributed by atoms with E-state index in [0.717, 1.165) is 40.0 Å². The first kappa shape index (κ1) is 15.8. The van der Waals surface area contributed by atoms with Crippen LogP contribution < -0.4 is 4.74 Å². The number of pyridine rings is 1. The van der Waals surface area contributed by atoms with Crippen LogP contribution in [0.3, 0.4) is 0 Å². The fourth-order valence-corrected chi connectivity index (χ4v) is 3.73. The van der Waals surface area contributed by atoms with Gasteiger partial charge in [0.25, 0.3) is 0 Å². The number of hydrogen-bond acceptors (Lipinski definition) is 3. The molecule has 0 aliphatic heterocycles. The third kappa shape index (κ3) is 2.61. The van der Waals surface area contributed by atoms with Crippen molar-refractivity contribution in [2.75, 3.05) is 7.11 Å². The Balaban J connectivity index is 1.59. The number of ether oxygens (including phenoxy) is 1. The predicted molar refractivity (Wildman–Crippen MR) is 108 cm³/mol. The Hall–Kier alpha value is -3.40. The molecule has 0 unspecified atom stereocenters. The number of nitrogens with zero attached hydrogens (tertiary/aromatic N) is 3. The zero-order valence-electron chi connectivity index (χ0n) is 15.3. The quantitative estimate of drug-likeness (QED) is 0.539. The first-order chi connectivity index (χ1) is 13.2. The van der Waals surface area contributed by atoms with E-state index in [4.69, 9.17) is 9.72 Å². The second kappa shape index (κ2) is 6.09. The van der Waals surface area contributed by atoms with E-state index in [9.17, 15) is 0 Å². The Morgan fingerprint density at radius 3 is 2.78 bits per heavy atom. The van der Waals surface area contributed by atoms with Crippen LogP contribution in [0.4, 0.5) is 0 Å². The smallest absolute Gasteiger partial charge is 0.119 e. The van der Waals surface area contributed by atoms with Gasteiger partial charge in [0.1, 0.15) is 5.75 Å². The van der Waals surface area contributed by atoms with E-state index in [1.165, 1.54) is 16.7 Å². The summed E-state index contributed by atoms with van der Waals surface area (Å²) in [7, 11) is 3.72. The lowest BCUT2D eigenvalue weighted by molar-refractivity contribution is 0.415. The van der Waals surface area contributed by atoms with Gasteiger partial charge in [0, 0.05) is 30.8 Å². The van der Waals surface area contributed by atoms with Crippen LogP contribution in [0.15, 0.2) is 67.1 Å². The lowest BCUT2D eigenvalue weighted by atomic mass is 9.97. The van der Waals surface area contributed by atoms with E-state index in [1.807, 2.05) is 37.8 Å². The van der Waals surface area contributed by atoms with Gasteiger partial charge in [-0.25, -0.2) is 4.98 Å². The second-order valence-corrected chi connectivity index (χ2v) is 6.83. The molecule has 0 amide bonds. The summed E-state index contributed by atoms with van der Waals surface area (Å²) in [6, 6.07) is 16.8. The number of aromatic nitrogens is 3. The highest BCUT2D eigenvalue weighted by Gasteiger charge is 2.18. The van der Waals surface area contributed by atoms with E-state index < -0.39 is 0 Å². The molecule has 1 aliphatic rings. The predicted octanol–water partition coefficient (Wildman–Crippen LogP) is 4.63. The number of hydrogen-bond donors (Lipinski definition) is 0. The van der Waals surface area contributed by atoms with Gasteiger partial charge >= 0.3 is 0 Å². The minimum Gasteiger partial charge on any atom is -0.497 e. The molecular weight excluding hydrogens is 334 g/mol. The van der Waals surface area contributed by atoms with Gasteiger partial charge in [0.2, 0.25) is 0 Å². The van der Waals surface area contributed by atoms with Crippen LogP contribution in [-0.4, -0.2) is 21.6 Å². The highest BCUT2D eigenvalue weighted by Crippen LogP contribution is 2.35. The van der Waals surface area contributed by atoms with Gasteiger partial charge in [-0.3, -0.25) is 4.98 Å². The molecule has 0 radical (unpaired) electrons. The van der Waals surface area contributed by atoms with Crippen molar-refractivity contribution in [1.82, 2.24) is 14.5 Å². The second-order valence-electron chi connectivity index (χ2n) is 6.83. The van der Waals surface area contributed by atoms with Gasteiger partial charge in [-0.05, 0) is 47.0 Å². The molecular formula is C23H19N3O. The van der Waals surface area contributed by atoms with E-state index >= 15 is 0 Å². The van der Waals surface area contributed by atoms with E-state index in [0.29, 0.717) is 0 Å². The summed E-state index contributed by atoms with van der Waals surface area (Å²) in [5, 5.41) is 0. The van der Waals surface area contributed by atoms with Crippen molar-refractivity contribution in [3.05, 3.63) is 84.0 Å². The standard InChI is InChI=1S/C23H19N3O/c1-26-14-25-22-8-6-16(12-23(22)26)19-7-9-21-20(19)11-17(13-24-21)15-4-3-5-18(10-15)27-2/h3-8,10-14H,9H2,1-2H3. The van der Waals surface area contributed by atoms with Gasteiger partial charge in [-0.2, -0.15) is 0 Å². The zero-order valence-corrected chi connectivity index (χ0v) is 15.3. The summed E-state index contributed by atoms with van der Waals surface area (Å²) in [5.41, 5.74) is 9.14. The van der Waals surface area contributed by atoms with Gasteiger partial charge in [-0.15, -0.1) is 0 Å². The topological polar surface area (TPSA) is 39.9 Å². The molecule has 0 fully saturated rings. The summed E-state index contributed by atoms with van der Waals surface area (Å²) < 4.78 is 7.42. The van der Waals surface area contributed by atoms with Crippen molar-refractivity contribution in [3.8, 4) is 16.9 Å². The van der Waals surface area contributed by atoms with E-state index in [2.05, 4.69) is 46.0 Å². The van der Waals surface area contributed by atoms with Crippen LogP contribution >= 0.6 is 0 Å². The lowest BCUT2D eigenvalue weighted by Crippen LogP contribution is -1.93. The number of allylic oxidation sites excluding steroid dienone is 1. The fourth-order valence-electron chi connectivity index (χ4n) is 3.73. The zero-order chi connectivity index (χ0) is 18.4. The molecule has 0 saturated carbocycles. The monoisotopic (exact) mass is 353 g/mol. The normalized spacial score (nSPS) is 12.9. The lowest BCUT2D eigenvalue weighted by Gasteiger charge is -2.10. The Labute approximate surface area is 157 Å². The first-order valence-corrected chi connectivity index (χ1v) is 8.98. The molecule has 5 rings (SSSR count). The Kier molecular flexibility index (Phi) is 3.57. The molecule has 1 aliphatic carbocycles. The summed E-state index contributed by atoms with van der Waals surface area (Å²) in [4.78, 5) is 9.15. The Morgan fingerprint density at radius 2 is 1.89 bits per heavy atom. The fraction of sp³-hybridized carbons (Fsp3) is 0.130. The third-order valence-corrected chi connectivity index (χ3v) is 5.20. The number of rotatable bonds is 3.